The van der Waals surface area contributed by atoms with Gasteiger partial charge in [-0.1, -0.05) is 15.9 Å². The fraction of sp³-hybridized carbons (Fsp3) is 0.500. The minimum atomic E-state index is -0.193. The number of piperidine rings is 3. The maximum absolute atomic E-state index is 12.0. The van der Waals surface area contributed by atoms with Crippen LogP contribution in [0.5, 0.6) is 0 Å². The van der Waals surface area contributed by atoms with Crippen LogP contribution < -0.4 is 0 Å². The van der Waals surface area contributed by atoms with Crippen molar-refractivity contribution in [2.45, 2.75) is 18.9 Å². The maximum atomic E-state index is 12.0. The molecule has 4 rings (SSSR count). The van der Waals surface area contributed by atoms with Gasteiger partial charge < -0.3 is 4.74 Å². The first-order chi connectivity index (χ1) is 8.72. The first-order valence-electron chi connectivity index (χ1n) is 6.41. The van der Waals surface area contributed by atoms with Crippen molar-refractivity contribution in [3.63, 3.8) is 0 Å². The molecule has 3 nitrogen and oxygen atoms in total. The summed E-state index contributed by atoms with van der Waals surface area (Å²) in [6, 6.07) is 7.34. The highest BCUT2D eigenvalue weighted by atomic mass is 79.9. The number of fused-ring (bicyclic) bond motifs is 3. The monoisotopic (exact) mass is 309 g/mol. The second-order valence-electron chi connectivity index (χ2n) is 5.09. The average Bonchev–Trinajstić information content (AvgIpc) is 2.41. The van der Waals surface area contributed by atoms with Crippen molar-refractivity contribution in [2.24, 2.45) is 5.92 Å². The lowest BCUT2D eigenvalue weighted by Crippen LogP contribution is -2.51. The van der Waals surface area contributed by atoms with Crippen molar-refractivity contribution in [3.05, 3.63) is 34.3 Å². The van der Waals surface area contributed by atoms with E-state index in [1.807, 2.05) is 12.1 Å². The molecule has 0 radical (unpaired) electrons. The van der Waals surface area contributed by atoms with Crippen molar-refractivity contribution in [2.75, 3.05) is 19.6 Å². The molecule has 1 aromatic carbocycles. The van der Waals surface area contributed by atoms with Gasteiger partial charge in [-0.3, -0.25) is 4.90 Å². The lowest BCUT2D eigenvalue weighted by molar-refractivity contribution is -0.0455. The van der Waals surface area contributed by atoms with Crippen LogP contribution >= 0.6 is 15.9 Å². The number of hydrogen-bond acceptors (Lipinski definition) is 3. The van der Waals surface area contributed by atoms with Gasteiger partial charge in [0.15, 0.2) is 0 Å². The van der Waals surface area contributed by atoms with Crippen molar-refractivity contribution in [1.29, 1.82) is 0 Å². The predicted molar refractivity (Wildman–Crippen MR) is 72.5 cm³/mol. The SMILES string of the molecule is O=C(OC1CN2CCC1CC2)c1ccc(Br)cc1. The molecule has 1 unspecified atom stereocenters. The molecule has 3 aliphatic heterocycles. The third-order valence-electron chi connectivity index (χ3n) is 3.93. The molecule has 18 heavy (non-hydrogen) atoms. The summed E-state index contributed by atoms with van der Waals surface area (Å²) >= 11 is 3.36. The highest BCUT2D eigenvalue weighted by molar-refractivity contribution is 9.10. The van der Waals surface area contributed by atoms with Crippen molar-refractivity contribution in [1.82, 2.24) is 4.90 Å². The fourth-order valence-electron chi connectivity index (χ4n) is 2.84. The number of carbonyl (C=O) groups excluding carboxylic acids is 1. The number of ether oxygens (including phenoxy) is 1. The third-order valence-corrected chi connectivity index (χ3v) is 4.46. The van der Waals surface area contributed by atoms with Crippen LogP contribution in [0, 0.1) is 5.92 Å². The van der Waals surface area contributed by atoms with Crippen molar-refractivity contribution >= 4 is 21.9 Å². The molecule has 4 heteroatoms. The lowest BCUT2D eigenvalue weighted by atomic mass is 9.86. The molecule has 1 atom stereocenters. The summed E-state index contributed by atoms with van der Waals surface area (Å²) in [5.74, 6) is 0.371. The van der Waals surface area contributed by atoms with Gasteiger partial charge in [0.05, 0.1) is 5.56 Å². The quantitative estimate of drug-likeness (QED) is 0.787. The zero-order valence-corrected chi connectivity index (χ0v) is 11.7. The Morgan fingerprint density at radius 1 is 1.22 bits per heavy atom. The first kappa shape index (κ1) is 12.2. The van der Waals surface area contributed by atoms with E-state index in [4.69, 9.17) is 4.74 Å². The van der Waals surface area contributed by atoms with E-state index in [0.717, 1.165) is 36.9 Å². The summed E-state index contributed by atoms with van der Waals surface area (Å²) < 4.78 is 6.63. The minimum absolute atomic E-state index is 0.0867. The molecule has 0 aromatic heterocycles. The molecule has 2 bridgehead atoms. The van der Waals surface area contributed by atoms with E-state index in [1.165, 1.54) is 0 Å². The van der Waals surface area contributed by atoms with Crippen LogP contribution in [0.15, 0.2) is 28.7 Å². The molecule has 1 aromatic rings. The molecule has 3 fully saturated rings. The zero-order chi connectivity index (χ0) is 12.5. The third kappa shape index (κ3) is 2.45. The van der Waals surface area contributed by atoms with Crippen LogP contribution in [-0.2, 0) is 4.74 Å². The molecular weight excluding hydrogens is 294 g/mol. The number of benzene rings is 1. The number of nitrogens with zero attached hydrogens (tertiary/aromatic N) is 1. The van der Waals surface area contributed by atoms with Gasteiger partial charge in [-0.25, -0.2) is 4.79 Å². The second kappa shape index (κ2) is 5.02. The van der Waals surface area contributed by atoms with E-state index in [1.54, 1.807) is 12.1 Å². The number of carbonyl (C=O) groups is 1. The molecular formula is C14H16BrNO2. The molecule has 0 spiro atoms. The molecule has 0 N–H and O–H groups in total. The van der Waals surface area contributed by atoms with Gasteiger partial charge in [0.1, 0.15) is 6.10 Å². The van der Waals surface area contributed by atoms with Gasteiger partial charge in [-0.05, 0) is 56.1 Å². The van der Waals surface area contributed by atoms with Gasteiger partial charge in [0.25, 0.3) is 0 Å². The summed E-state index contributed by atoms with van der Waals surface area (Å²) in [6.07, 6.45) is 2.42. The molecule has 96 valence electrons. The maximum Gasteiger partial charge on any atom is 0.338 e. The van der Waals surface area contributed by atoms with E-state index in [-0.39, 0.29) is 12.1 Å². The molecule has 3 heterocycles. The van der Waals surface area contributed by atoms with Gasteiger partial charge >= 0.3 is 5.97 Å². The van der Waals surface area contributed by atoms with Crippen LogP contribution in [0.1, 0.15) is 23.2 Å². The van der Waals surface area contributed by atoms with Crippen LogP contribution in [-0.4, -0.2) is 36.6 Å². The number of esters is 1. The molecule has 0 aliphatic carbocycles. The van der Waals surface area contributed by atoms with Gasteiger partial charge in [-0.2, -0.15) is 0 Å². The zero-order valence-electron chi connectivity index (χ0n) is 10.1. The van der Waals surface area contributed by atoms with E-state index < -0.39 is 0 Å². The second-order valence-corrected chi connectivity index (χ2v) is 6.00. The smallest absolute Gasteiger partial charge is 0.338 e. The largest absolute Gasteiger partial charge is 0.457 e. The summed E-state index contributed by atoms with van der Waals surface area (Å²) in [5, 5.41) is 0. The number of rotatable bonds is 2. The highest BCUT2D eigenvalue weighted by Gasteiger charge is 2.36. The normalized spacial score (nSPS) is 30.2. The van der Waals surface area contributed by atoms with Crippen LogP contribution in [0.3, 0.4) is 0 Å². The van der Waals surface area contributed by atoms with Crippen molar-refractivity contribution in [3.8, 4) is 0 Å². The predicted octanol–water partition coefficient (Wildman–Crippen LogP) is 2.70. The lowest BCUT2D eigenvalue weighted by Gasteiger charge is -2.43. The Kier molecular flexibility index (Phi) is 3.39. The Morgan fingerprint density at radius 3 is 2.44 bits per heavy atom. The highest BCUT2D eigenvalue weighted by Crippen LogP contribution is 2.30. The minimum Gasteiger partial charge on any atom is -0.457 e. The Labute approximate surface area is 115 Å². The molecule has 0 saturated carbocycles. The van der Waals surface area contributed by atoms with E-state index >= 15 is 0 Å². The molecule has 0 amide bonds. The van der Waals surface area contributed by atoms with E-state index in [9.17, 15) is 4.79 Å². The number of halogens is 1. The van der Waals surface area contributed by atoms with Crippen LogP contribution in [0.2, 0.25) is 0 Å². The van der Waals surface area contributed by atoms with E-state index in [2.05, 4.69) is 20.8 Å². The van der Waals surface area contributed by atoms with Gasteiger partial charge in [-0.15, -0.1) is 0 Å². The first-order valence-corrected chi connectivity index (χ1v) is 7.20. The summed E-state index contributed by atoms with van der Waals surface area (Å²) in [5.41, 5.74) is 0.634. The topological polar surface area (TPSA) is 29.5 Å². The standard InChI is InChI=1S/C14H16BrNO2/c15-12-3-1-11(2-4-12)14(17)18-13-9-16-7-5-10(13)6-8-16/h1-4,10,13H,5-9H2. The average molecular weight is 310 g/mol. The summed E-state index contributed by atoms with van der Waals surface area (Å²) in [7, 11) is 0. The summed E-state index contributed by atoms with van der Waals surface area (Å²) in [4.78, 5) is 14.4. The Hall–Kier alpha value is -0.870. The van der Waals surface area contributed by atoms with Crippen molar-refractivity contribution < 1.29 is 9.53 Å². The Bertz CT molecular complexity index is 438. The van der Waals surface area contributed by atoms with Gasteiger partial charge in [0, 0.05) is 11.0 Å². The Morgan fingerprint density at radius 2 is 1.89 bits per heavy atom. The Balaban J connectivity index is 1.66. The molecule has 3 saturated heterocycles. The number of hydrogen-bond donors (Lipinski definition) is 0. The summed E-state index contributed by atoms with van der Waals surface area (Å²) in [6.45, 7) is 3.24. The van der Waals surface area contributed by atoms with Gasteiger partial charge in [0.2, 0.25) is 0 Å². The fourth-order valence-corrected chi connectivity index (χ4v) is 3.10. The van der Waals surface area contributed by atoms with E-state index in [0.29, 0.717) is 11.5 Å². The van der Waals surface area contributed by atoms with Crippen LogP contribution in [0.4, 0.5) is 0 Å². The van der Waals surface area contributed by atoms with Crippen LogP contribution in [0.25, 0.3) is 0 Å². The molecule has 3 aliphatic rings.